The van der Waals surface area contributed by atoms with Gasteiger partial charge in [-0.1, -0.05) is 29.3 Å². The van der Waals surface area contributed by atoms with Crippen LogP contribution in [0, 0.1) is 5.41 Å². The van der Waals surface area contributed by atoms with Crippen LogP contribution >= 0.6 is 34.5 Å². The maximum atomic E-state index is 15.2. The molecule has 2 aliphatic heterocycles. The quantitative estimate of drug-likeness (QED) is 0.430. The fraction of sp³-hybridized carbons (Fsp3) is 0.304. The molecule has 9 nitrogen and oxygen atoms in total. The van der Waals surface area contributed by atoms with Crippen molar-refractivity contribution in [3.63, 3.8) is 0 Å². The minimum atomic E-state index is -3.60. The van der Waals surface area contributed by atoms with Gasteiger partial charge in [0.25, 0.3) is 11.8 Å². The van der Waals surface area contributed by atoms with Crippen molar-refractivity contribution in [2.24, 2.45) is 16.9 Å². The number of rotatable bonds is 6. The standard InChI is InChI=1S/C23H21Cl2F2N7O2S/c24-15-4-3-13(6-16(15)25)23(26,27)21-32-31-19(36-21)14-8-33(20(35)17-7-30-12-37-17)9-22(14)10-34(11-22)18(29)2-1-5-28/h1-7,12,14H,8-11,28-29H2/b5-1-,18-2+. The van der Waals surface area contributed by atoms with E-state index in [1.807, 2.05) is 4.90 Å². The fourth-order valence-corrected chi connectivity index (χ4v) is 5.62. The highest BCUT2D eigenvalue weighted by Gasteiger charge is 2.58. The molecule has 4 N–H and O–H groups in total. The molecule has 2 aromatic heterocycles. The molecule has 14 heteroatoms. The number of amides is 1. The van der Waals surface area contributed by atoms with Gasteiger partial charge in [-0.15, -0.1) is 21.5 Å². The average molecular weight is 568 g/mol. The van der Waals surface area contributed by atoms with Crippen molar-refractivity contribution in [2.75, 3.05) is 26.2 Å². The Balaban J connectivity index is 1.44. The third-order valence-corrected chi connectivity index (χ3v) is 8.12. The van der Waals surface area contributed by atoms with Crippen LogP contribution in [0.2, 0.25) is 10.0 Å². The predicted octanol–water partition coefficient (Wildman–Crippen LogP) is 3.79. The summed E-state index contributed by atoms with van der Waals surface area (Å²) in [5, 5.41) is 7.79. The Morgan fingerprint density at radius 3 is 2.65 bits per heavy atom. The van der Waals surface area contributed by atoms with Crippen molar-refractivity contribution in [3.8, 4) is 0 Å². The number of benzene rings is 1. The molecule has 1 amide bonds. The second-order valence-corrected chi connectivity index (χ2v) is 10.6. The summed E-state index contributed by atoms with van der Waals surface area (Å²) in [4.78, 5) is 21.1. The van der Waals surface area contributed by atoms with Gasteiger partial charge in [0.2, 0.25) is 5.89 Å². The van der Waals surface area contributed by atoms with Crippen LogP contribution in [0.3, 0.4) is 0 Å². The van der Waals surface area contributed by atoms with E-state index in [1.54, 1.807) is 22.6 Å². The molecule has 1 aromatic carbocycles. The van der Waals surface area contributed by atoms with Gasteiger partial charge in [0.1, 0.15) is 4.88 Å². The van der Waals surface area contributed by atoms with Crippen molar-refractivity contribution < 1.29 is 18.0 Å². The van der Waals surface area contributed by atoms with Gasteiger partial charge in [0.15, 0.2) is 0 Å². The zero-order chi connectivity index (χ0) is 26.4. The number of nitrogens with two attached hydrogens (primary N) is 2. The Bertz CT molecular complexity index is 1370. The first kappa shape index (κ1) is 25.4. The van der Waals surface area contributed by atoms with Crippen molar-refractivity contribution in [1.29, 1.82) is 0 Å². The monoisotopic (exact) mass is 567 g/mol. The van der Waals surface area contributed by atoms with Crippen molar-refractivity contribution in [2.45, 2.75) is 11.8 Å². The second kappa shape index (κ2) is 9.58. The summed E-state index contributed by atoms with van der Waals surface area (Å²) in [5.74, 6) is -4.62. The van der Waals surface area contributed by atoms with Gasteiger partial charge in [-0.05, 0) is 30.5 Å². The number of halogens is 4. The third-order valence-electron chi connectivity index (χ3n) is 6.62. The van der Waals surface area contributed by atoms with E-state index in [2.05, 4.69) is 15.2 Å². The van der Waals surface area contributed by atoms with E-state index >= 15 is 8.78 Å². The summed E-state index contributed by atoms with van der Waals surface area (Å²) in [7, 11) is 0. The van der Waals surface area contributed by atoms with E-state index in [1.165, 1.54) is 29.8 Å². The molecule has 1 unspecified atom stereocenters. The predicted molar refractivity (Wildman–Crippen MR) is 134 cm³/mol. The van der Waals surface area contributed by atoms with Crippen LogP contribution < -0.4 is 11.5 Å². The minimum Gasteiger partial charge on any atom is -0.419 e. The lowest BCUT2D eigenvalue weighted by Crippen LogP contribution is -2.60. The van der Waals surface area contributed by atoms with E-state index in [4.69, 9.17) is 39.1 Å². The van der Waals surface area contributed by atoms with Crippen LogP contribution in [0.25, 0.3) is 0 Å². The summed E-state index contributed by atoms with van der Waals surface area (Å²) in [6.07, 6.45) is 6.15. The number of carbonyl (C=O) groups excluding carboxylic acids is 1. The largest absolute Gasteiger partial charge is 0.419 e. The molecule has 0 saturated carbocycles. The van der Waals surface area contributed by atoms with Gasteiger partial charge >= 0.3 is 5.92 Å². The van der Waals surface area contributed by atoms with Crippen molar-refractivity contribution in [1.82, 2.24) is 25.0 Å². The third kappa shape index (κ3) is 4.53. The molecule has 1 atom stereocenters. The van der Waals surface area contributed by atoms with Crippen molar-refractivity contribution in [3.05, 3.63) is 86.3 Å². The Labute approximate surface area is 224 Å². The summed E-state index contributed by atoms with van der Waals surface area (Å²) in [6, 6.07) is 3.49. The number of alkyl halides is 2. The lowest BCUT2D eigenvalue weighted by molar-refractivity contribution is 0.00321. The van der Waals surface area contributed by atoms with Crippen LogP contribution in [0.5, 0.6) is 0 Å². The van der Waals surface area contributed by atoms with Gasteiger partial charge in [-0.2, -0.15) is 8.78 Å². The molecule has 1 spiro atoms. The van der Waals surface area contributed by atoms with Gasteiger partial charge in [-0.3, -0.25) is 9.78 Å². The first-order valence-electron chi connectivity index (χ1n) is 11.1. The molecule has 0 bridgehead atoms. The topological polar surface area (TPSA) is 127 Å². The minimum absolute atomic E-state index is 0.0183. The maximum absolute atomic E-state index is 15.2. The Kier molecular flexibility index (Phi) is 6.59. The summed E-state index contributed by atoms with van der Waals surface area (Å²) in [5.41, 5.74) is 12.2. The molecule has 3 aromatic rings. The second-order valence-electron chi connectivity index (χ2n) is 8.95. The lowest BCUT2D eigenvalue weighted by atomic mass is 9.71. The Hall–Kier alpha value is -3.22. The summed E-state index contributed by atoms with van der Waals surface area (Å²) in [6.45, 7) is 1.51. The molecule has 5 rings (SSSR count). The molecule has 2 fully saturated rings. The van der Waals surface area contributed by atoms with Crippen LogP contribution in [0.15, 0.2) is 58.5 Å². The highest BCUT2D eigenvalue weighted by Crippen LogP contribution is 2.50. The number of carbonyl (C=O) groups is 1. The van der Waals surface area contributed by atoms with Crippen LogP contribution in [-0.4, -0.2) is 57.1 Å². The molecule has 2 aliphatic rings. The zero-order valence-electron chi connectivity index (χ0n) is 19.2. The number of hydrogen-bond acceptors (Lipinski definition) is 9. The number of allylic oxidation sites excluding steroid dienone is 2. The fourth-order valence-electron chi connectivity index (χ4n) is 4.73. The van der Waals surface area contributed by atoms with Crippen LogP contribution in [0.1, 0.15) is 32.9 Å². The molecular formula is C23H21Cl2F2N7O2S. The molecule has 2 saturated heterocycles. The molecule has 194 valence electrons. The normalized spacial score (nSPS) is 19.7. The number of aromatic nitrogens is 3. The van der Waals surface area contributed by atoms with Gasteiger partial charge in [0, 0.05) is 37.2 Å². The first-order valence-corrected chi connectivity index (χ1v) is 12.7. The lowest BCUT2D eigenvalue weighted by Gasteiger charge is -2.51. The SMILES string of the molecule is N/C=C\C=C(/N)N1CC2(CN(C(=O)c3cncs3)CC2c2nnc(C(F)(F)c3ccc(Cl)c(Cl)c3)o2)C1. The van der Waals surface area contributed by atoms with Gasteiger partial charge < -0.3 is 25.7 Å². The molecule has 37 heavy (non-hydrogen) atoms. The van der Waals surface area contributed by atoms with Crippen LogP contribution in [-0.2, 0) is 5.92 Å². The van der Waals surface area contributed by atoms with E-state index in [0.29, 0.717) is 30.3 Å². The maximum Gasteiger partial charge on any atom is 0.349 e. The number of nitrogens with zero attached hydrogens (tertiary/aromatic N) is 5. The average Bonchev–Trinajstić information content (AvgIpc) is 3.62. The highest BCUT2D eigenvalue weighted by molar-refractivity contribution is 7.11. The molecule has 0 radical (unpaired) electrons. The van der Waals surface area contributed by atoms with Crippen molar-refractivity contribution >= 4 is 40.4 Å². The molecule has 0 aliphatic carbocycles. The highest BCUT2D eigenvalue weighted by atomic mass is 35.5. The summed E-state index contributed by atoms with van der Waals surface area (Å²) >= 11 is 13.0. The first-order chi connectivity index (χ1) is 17.6. The summed E-state index contributed by atoms with van der Waals surface area (Å²) < 4.78 is 36.1. The zero-order valence-corrected chi connectivity index (χ0v) is 21.5. The number of thiazole rings is 1. The number of hydrogen-bond donors (Lipinski definition) is 2. The Morgan fingerprint density at radius 2 is 1.97 bits per heavy atom. The van der Waals surface area contributed by atoms with Crippen LogP contribution in [0.4, 0.5) is 8.78 Å². The van der Waals surface area contributed by atoms with Gasteiger partial charge in [0.05, 0.1) is 33.5 Å². The van der Waals surface area contributed by atoms with Gasteiger partial charge in [-0.25, -0.2) is 0 Å². The van der Waals surface area contributed by atoms with E-state index < -0.39 is 28.7 Å². The van der Waals surface area contributed by atoms with E-state index in [-0.39, 0.29) is 28.4 Å². The number of likely N-dealkylation sites (tertiary alicyclic amines) is 2. The molecule has 4 heterocycles. The molecular weight excluding hydrogens is 547 g/mol. The Morgan fingerprint density at radius 1 is 1.22 bits per heavy atom. The van der Waals surface area contributed by atoms with E-state index in [0.717, 1.165) is 12.1 Å². The smallest absolute Gasteiger partial charge is 0.349 e. The van der Waals surface area contributed by atoms with E-state index in [9.17, 15) is 4.79 Å².